The highest BCUT2D eigenvalue weighted by atomic mass is 16.4. The molecule has 29 heavy (non-hydrogen) atoms. The first-order valence-corrected chi connectivity index (χ1v) is 8.70. The number of amides is 3. The van der Waals surface area contributed by atoms with Gasteiger partial charge in [0.2, 0.25) is 0 Å². The van der Waals surface area contributed by atoms with Crippen LogP contribution in [0.25, 0.3) is 0 Å². The van der Waals surface area contributed by atoms with Crippen LogP contribution in [0.3, 0.4) is 0 Å². The zero-order valence-corrected chi connectivity index (χ0v) is 15.9. The summed E-state index contributed by atoms with van der Waals surface area (Å²) in [6.45, 7) is 0.970. The lowest BCUT2D eigenvalue weighted by molar-refractivity contribution is -0.145. The first kappa shape index (κ1) is 23.6. The first-order chi connectivity index (χ1) is 13.6. The molecular weight excluding hydrogens is 380 g/mol. The van der Waals surface area contributed by atoms with Gasteiger partial charge in [-0.15, -0.1) is 0 Å². The highest BCUT2D eigenvalue weighted by Gasteiger charge is 2.34. The van der Waals surface area contributed by atoms with Crippen molar-refractivity contribution >= 4 is 23.9 Å². The maximum absolute atomic E-state index is 11.1. The lowest BCUT2D eigenvalue weighted by Crippen LogP contribution is -2.43. The fourth-order valence-electron chi connectivity index (χ4n) is 2.51. The lowest BCUT2D eigenvalue weighted by Gasteiger charge is -2.23. The van der Waals surface area contributed by atoms with Crippen molar-refractivity contribution in [1.29, 1.82) is 0 Å². The number of carbonyl (C=O) groups excluding carboxylic acids is 2. The van der Waals surface area contributed by atoms with Crippen molar-refractivity contribution < 1.29 is 34.5 Å². The Bertz CT molecular complexity index is 817. The smallest absolute Gasteiger partial charge is 0.331 e. The second-order valence-corrected chi connectivity index (χ2v) is 6.53. The SMILES string of the molecule is CC1(C(=O)O)C=CC=C(C(=O)O)C1.NC(=O)N(CCc1ccccc1)C(=O)CO. The maximum Gasteiger partial charge on any atom is 0.331 e. The van der Waals surface area contributed by atoms with Gasteiger partial charge >= 0.3 is 18.0 Å². The molecule has 0 spiro atoms. The minimum absolute atomic E-state index is 0.0359. The molecule has 1 atom stereocenters. The van der Waals surface area contributed by atoms with Crippen molar-refractivity contribution in [1.82, 2.24) is 4.90 Å². The van der Waals surface area contributed by atoms with Crippen molar-refractivity contribution in [3.8, 4) is 0 Å². The topological polar surface area (TPSA) is 158 Å². The molecule has 1 aromatic carbocycles. The summed E-state index contributed by atoms with van der Waals surface area (Å²) >= 11 is 0. The van der Waals surface area contributed by atoms with Crippen LogP contribution >= 0.6 is 0 Å². The third-order valence-corrected chi connectivity index (χ3v) is 4.25. The quantitative estimate of drug-likeness (QED) is 0.554. The molecule has 0 aliphatic heterocycles. The molecule has 0 radical (unpaired) electrons. The average Bonchev–Trinajstić information content (AvgIpc) is 2.69. The van der Waals surface area contributed by atoms with E-state index in [0.29, 0.717) is 6.42 Å². The largest absolute Gasteiger partial charge is 0.481 e. The van der Waals surface area contributed by atoms with Gasteiger partial charge in [-0.1, -0.05) is 48.6 Å². The summed E-state index contributed by atoms with van der Waals surface area (Å²) in [6.07, 6.45) is 4.96. The number of primary amides is 1. The minimum atomic E-state index is -1.08. The number of carboxylic acid groups (broad SMARTS) is 2. The number of hydrogen-bond acceptors (Lipinski definition) is 5. The zero-order chi connectivity index (χ0) is 22.0. The summed E-state index contributed by atoms with van der Waals surface area (Å²) in [5.41, 5.74) is 5.08. The van der Waals surface area contributed by atoms with Gasteiger partial charge in [-0.25, -0.2) is 9.59 Å². The molecule has 9 heteroatoms. The molecule has 0 aromatic heterocycles. The summed E-state index contributed by atoms with van der Waals surface area (Å²) in [7, 11) is 0. The van der Waals surface area contributed by atoms with Crippen LogP contribution in [0.15, 0.2) is 54.1 Å². The number of carboxylic acids is 2. The second kappa shape index (κ2) is 10.8. The molecule has 3 amide bonds. The number of imide groups is 1. The summed E-state index contributed by atoms with van der Waals surface area (Å²) in [5, 5.41) is 26.1. The van der Waals surface area contributed by atoms with E-state index in [9.17, 15) is 19.2 Å². The first-order valence-electron chi connectivity index (χ1n) is 8.70. The average molecular weight is 404 g/mol. The third kappa shape index (κ3) is 7.23. The number of carbonyl (C=O) groups is 4. The Kier molecular flexibility index (Phi) is 8.75. The van der Waals surface area contributed by atoms with E-state index in [1.54, 1.807) is 0 Å². The molecule has 9 nitrogen and oxygen atoms in total. The highest BCUT2D eigenvalue weighted by Crippen LogP contribution is 2.31. The molecule has 0 bridgehead atoms. The molecule has 1 aliphatic carbocycles. The molecule has 5 N–H and O–H groups in total. The molecule has 1 aromatic rings. The summed E-state index contributed by atoms with van der Waals surface area (Å²) in [5.74, 6) is -2.74. The fraction of sp³-hybridized carbons (Fsp3) is 0.300. The zero-order valence-electron chi connectivity index (χ0n) is 15.9. The van der Waals surface area contributed by atoms with Crippen molar-refractivity contribution in [3.63, 3.8) is 0 Å². The maximum atomic E-state index is 11.1. The van der Waals surface area contributed by atoms with Crippen molar-refractivity contribution in [2.45, 2.75) is 19.8 Å². The fourth-order valence-corrected chi connectivity index (χ4v) is 2.51. The number of benzene rings is 1. The van der Waals surface area contributed by atoms with Gasteiger partial charge in [-0.3, -0.25) is 14.5 Å². The molecule has 2 rings (SSSR count). The summed E-state index contributed by atoms with van der Waals surface area (Å²) in [4.78, 5) is 44.3. The van der Waals surface area contributed by atoms with E-state index in [1.165, 1.54) is 25.2 Å². The van der Waals surface area contributed by atoms with Crippen molar-refractivity contribution in [3.05, 3.63) is 59.7 Å². The number of allylic oxidation sites excluding steroid dienone is 2. The van der Waals surface area contributed by atoms with Gasteiger partial charge in [0, 0.05) is 12.1 Å². The van der Waals surface area contributed by atoms with E-state index in [0.717, 1.165) is 10.5 Å². The van der Waals surface area contributed by atoms with Gasteiger partial charge in [-0.05, 0) is 25.3 Å². The van der Waals surface area contributed by atoms with E-state index in [-0.39, 0.29) is 18.5 Å². The van der Waals surface area contributed by atoms with Crippen LogP contribution in [-0.4, -0.2) is 57.2 Å². The second-order valence-electron chi connectivity index (χ2n) is 6.53. The third-order valence-electron chi connectivity index (χ3n) is 4.25. The number of hydrogen-bond donors (Lipinski definition) is 4. The van der Waals surface area contributed by atoms with E-state index in [4.69, 9.17) is 21.1 Å². The van der Waals surface area contributed by atoms with E-state index in [1.807, 2.05) is 30.3 Å². The van der Waals surface area contributed by atoms with Crippen LogP contribution in [0, 0.1) is 5.41 Å². The standard InChI is InChI=1S/C11H14N2O3.C9H10O4/c12-11(16)13(10(15)8-14)7-6-9-4-2-1-3-5-9;1-9(8(12)13)4-2-3-6(5-9)7(10)11/h1-5,14H,6-8H2,(H2,12,16);2-4H,5H2,1H3,(H,10,11)(H,12,13). The van der Waals surface area contributed by atoms with Gasteiger partial charge < -0.3 is 21.1 Å². The number of aliphatic carboxylic acids is 2. The molecule has 156 valence electrons. The van der Waals surface area contributed by atoms with Gasteiger partial charge in [0.05, 0.1) is 5.41 Å². The minimum Gasteiger partial charge on any atom is -0.481 e. The normalized spacial score (nSPS) is 17.4. The van der Waals surface area contributed by atoms with Crippen LogP contribution in [-0.2, 0) is 20.8 Å². The van der Waals surface area contributed by atoms with Crippen molar-refractivity contribution in [2.75, 3.05) is 13.2 Å². The van der Waals surface area contributed by atoms with Crippen LogP contribution in [0.4, 0.5) is 4.79 Å². The lowest BCUT2D eigenvalue weighted by atomic mass is 9.80. The predicted octanol–water partition coefficient (Wildman–Crippen LogP) is 1.18. The van der Waals surface area contributed by atoms with Crippen LogP contribution in [0.1, 0.15) is 18.9 Å². The Balaban J connectivity index is 0.000000296. The Labute approximate surface area is 167 Å². The predicted molar refractivity (Wildman–Crippen MR) is 104 cm³/mol. The number of nitrogens with two attached hydrogens (primary N) is 1. The van der Waals surface area contributed by atoms with Gasteiger partial charge in [0.15, 0.2) is 0 Å². The number of urea groups is 1. The molecular formula is C20H24N2O7. The summed E-state index contributed by atoms with van der Waals surface area (Å²) in [6, 6.07) is 8.57. The number of aliphatic hydroxyl groups is 1. The van der Waals surface area contributed by atoms with E-state index in [2.05, 4.69) is 0 Å². The monoisotopic (exact) mass is 404 g/mol. The number of aliphatic hydroxyl groups excluding tert-OH is 1. The molecule has 0 saturated heterocycles. The Morgan fingerprint density at radius 2 is 1.76 bits per heavy atom. The molecule has 0 heterocycles. The van der Waals surface area contributed by atoms with Gasteiger partial charge in [0.1, 0.15) is 6.61 Å². The number of rotatable bonds is 6. The van der Waals surface area contributed by atoms with Crippen molar-refractivity contribution in [2.24, 2.45) is 11.1 Å². The van der Waals surface area contributed by atoms with E-state index >= 15 is 0 Å². The Morgan fingerprint density at radius 1 is 1.14 bits per heavy atom. The number of nitrogens with zero attached hydrogens (tertiary/aromatic N) is 1. The molecule has 0 saturated carbocycles. The molecule has 0 fully saturated rings. The van der Waals surface area contributed by atoms with Crippen LogP contribution < -0.4 is 5.73 Å². The summed E-state index contributed by atoms with van der Waals surface area (Å²) < 4.78 is 0. The van der Waals surface area contributed by atoms with Gasteiger partial charge in [0.25, 0.3) is 5.91 Å². The Morgan fingerprint density at radius 3 is 2.24 bits per heavy atom. The van der Waals surface area contributed by atoms with Gasteiger partial charge in [-0.2, -0.15) is 0 Å². The molecule has 1 unspecified atom stereocenters. The van der Waals surface area contributed by atoms with E-state index < -0.39 is 35.9 Å². The highest BCUT2D eigenvalue weighted by molar-refractivity contribution is 5.94. The van der Waals surface area contributed by atoms with Crippen LogP contribution in [0.5, 0.6) is 0 Å². The molecule has 1 aliphatic rings. The Hall–Kier alpha value is -3.46. The van der Waals surface area contributed by atoms with Crippen LogP contribution in [0.2, 0.25) is 0 Å².